The van der Waals surface area contributed by atoms with Crippen LogP contribution in [0.15, 0.2) is 42.5 Å². The molecule has 2 aliphatic rings. The lowest BCUT2D eigenvalue weighted by Crippen LogP contribution is -2.49. The maximum Gasteiger partial charge on any atom is 0.404 e. The highest BCUT2D eigenvalue weighted by molar-refractivity contribution is 7.22. The Morgan fingerprint density at radius 1 is 1.14 bits per heavy atom. The van der Waals surface area contributed by atoms with E-state index in [9.17, 15) is 14.7 Å². The maximum absolute atomic E-state index is 13.5. The molecule has 2 aromatic carbocycles. The van der Waals surface area contributed by atoms with Gasteiger partial charge in [-0.05, 0) is 73.9 Å². The summed E-state index contributed by atoms with van der Waals surface area (Å²) >= 11 is 1.68. The second-order valence-electron chi connectivity index (χ2n) is 10.4. The summed E-state index contributed by atoms with van der Waals surface area (Å²) in [5.41, 5.74) is 4.87. The minimum Gasteiger partial charge on any atom is -0.465 e. The third-order valence-electron chi connectivity index (χ3n) is 7.75. The Balaban J connectivity index is 1.40. The number of amides is 2. The lowest BCUT2D eigenvalue weighted by Gasteiger charge is -2.32. The van der Waals surface area contributed by atoms with Gasteiger partial charge in [-0.15, -0.1) is 11.3 Å². The van der Waals surface area contributed by atoms with Gasteiger partial charge in [-0.3, -0.25) is 4.79 Å². The normalized spacial score (nSPS) is 18.0. The molecule has 2 amide bonds. The summed E-state index contributed by atoms with van der Waals surface area (Å²) in [7, 11) is 0. The van der Waals surface area contributed by atoms with E-state index in [4.69, 9.17) is 5.11 Å². The Morgan fingerprint density at radius 3 is 2.70 bits per heavy atom. The molecule has 192 valence electrons. The molecule has 0 spiro atoms. The van der Waals surface area contributed by atoms with Crippen molar-refractivity contribution >= 4 is 44.3 Å². The first-order chi connectivity index (χ1) is 17.9. The van der Waals surface area contributed by atoms with Crippen molar-refractivity contribution in [1.29, 1.82) is 0 Å². The second-order valence-corrected chi connectivity index (χ2v) is 11.5. The number of piperidine rings is 1. The van der Waals surface area contributed by atoms with Gasteiger partial charge in [-0.25, -0.2) is 4.79 Å². The predicted octanol–water partition coefficient (Wildman–Crippen LogP) is 5.61. The van der Waals surface area contributed by atoms with Crippen molar-refractivity contribution < 1.29 is 19.8 Å². The lowest BCUT2D eigenvalue weighted by atomic mass is 10.00. The number of carbonyl (C=O) groups is 2. The number of nitrogens with zero attached hydrogens (tertiary/aromatic N) is 2. The van der Waals surface area contributed by atoms with Crippen molar-refractivity contribution in [3.8, 4) is 10.6 Å². The third kappa shape index (κ3) is 4.49. The van der Waals surface area contributed by atoms with E-state index in [-0.39, 0.29) is 18.6 Å². The molecule has 1 unspecified atom stereocenters. The molecular formula is C29H31N3O4S. The van der Waals surface area contributed by atoms with Gasteiger partial charge in [0.15, 0.2) is 0 Å². The fourth-order valence-electron chi connectivity index (χ4n) is 5.76. The Hall–Kier alpha value is -3.36. The molecule has 7 nitrogen and oxygen atoms in total. The first kappa shape index (κ1) is 24.0. The summed E-state index contributed by atoms with van der Waals surface area (Å²) in [4.78, 5) is 27.5. The highest BCUT2D eigenvalue weighted by atomic mass is 32.1. The van der Waals surface area contributed by atoms with E-state index in [1.807, 2.05) is 12.1 Å². The smallest absolute Gasteiger partial charge is 0.404 e. The zero-order valence-electron chi connectivity index (χ0n) is 20.9. The largest absolute Gasteiger partial charge is 0.465 e. The van der Waals surface area contributed by atoms with E-state index < -0.39 is 6.09 Å². The number of aryl methyl sites for hydroxylation is 1. The standard InChI is InChI=1S/C29H31N3O4S/c1-17-26-21(16-33)11-20(28(34)31-10-4-6-22(15-31)30-29(35)36)13-25(26)37-27(17)24-12-19-5-2-3-7-23(19)32(24)14-18-8-9-18/h2-3,5,7,11-13,18,22,30,33H,4,6,8-10,14-16H2,1H3,(H,35,36). The van der Waals surface area contributed by atoms with Gasteiger partial charge in [0.1, 0.15) is 0 Å². The van der Waals surface area contributed by atoms with Crippen LogP contribution in [0, 0.1) is 12.8 Å². The molecular weight excluding hydrogens is 486 g/mol. The van der Waals surface area contributed by atoms with Gasteiger partial charge in [-0.1, -0.05) is 18.2 Å². The van der Waals surface area contributed by atoms with Crippen LogP contribution in [0.3, 0.4) is 0 Å². The molecule has 1 aliphatic heterocycles. The fourth-order valence-corrected chi connectivity index (χ4v) is 7.08. The topological polar surface area (TPSA) is 94.8 Å². The number of hydrogen-bond acceptors (Lipinski definition) is 4. The number of likely N-dealkylation sites (tertiary alicyclic amines) is 1. The molecule has 37 heavy (non-hydrogen) atoms. The minimum absolute atomic E-state index is 0.121. The number of hydrogen-bond donors (Lipinski definition) is 3. The molecule has 3 heterocycles. The monoisotopic (exact) mass is 517 g/mol. The van der Waals surface area contributed by atoms with Crippen LogP contribution in [0.25, 0.3) is 31.6 Å². The first-order valence-electron chi connectivity index (χ1n) is 13.0. The number of aliphatic hydroxyl groups is 1. The van der Waals surface area contributed by atoms with Crippen molar-refractivity contribution in [3.63, 3.8) is 0 Å². The van der Waals surface area contributed by atoms with Crippen LogP contribution in [-0.4, -0.2) is 50.8 Å². The Morgan fingerprint density at radius 2 is 1.95 bits per heavy atom. The van der Waals surface area contributed by atoms with Crippen LogP contribution in [0.1, 0.15) is 47.2 Å². The summed E-state index contributed by atoms with van der Waals surface area (Å²) in [6, 6.07) is 14.3. The summed E-state index contributed by atoms with van der Waals surface area (Å²) in [6.45, 7) is 3.92. The van der Waals surface area contributed by atoms with Gasteiger partial charge in [0.05, 0.1) is 17.2 Å². The first-order valence-corrected chi connectivity index (χ1v) is 13.8. The van der Waals surface area contributed by atoms with Crippen molar-refractivity contribution in [2.45, 2.75) is 51.8 Å². The molecule has 8 heteroatoms. The van der Waals surface area contributed by atoms with Crippen LogP contribution in [0.5, 0.6) is 0 Å². The quantitative estimate of drug-likeness (QED) is 0.310. The average Bonchev–Trinajstić information content (AvgIpc) is 3.56. The Kier molecular flexibility index (Phi) is 6.16. The number of para-hydroxylation sites is 1. The molecule has 2 aromatic heterocycles. The number of carbonyl (C=O) groups excluding carboxylic acids is 1. The summed E-state index contributed by atoms with van der Waals surface area (Å²) in [5.74, 6) is 0.606. The van der Waals surface area contributed by atoms with Gasteiger partial charge in [0, 0.05) is 52.2 Å². The van der Waals surface area contributed by atoms with Crippen LogP contribution in [0.2, 0.25) is 0 Å². The van der Waals surface area contributed by atoms with Gasteiger partial charge >= 0.3 is 6.09 Å². The van der Waals surface area contributed by atoms with E-state index in [2.05, 4.69) is 47.1 Å². The SMILES string of the molecule is Cc1c(-c2cc3ccccc3n2CC2CC2)sc2cc(C(=O)N3CCCC(NC(=O)O)C3)cc(CO)c12. The molecule has 1 saturated heterocycles. The van der Waals surface area contributed by atoms with Crippen molar-refractivity contribution in [1.82, 2.24) is 14.8 Å². The van der Waals surface area contributed by atoms with Gasteiger partial charge in [0.2, 0.25) is 0 Å². The number of aromatic nitrogens is 1. The predicted molar refractivity (Wildman–Crippen MR) is 146 cm³/mol. The lowest BCUT2D eigenvalue weighted by molar-refractivity contribution is 0.0692. The van der Waals surface area contributed by atoms with E-state index in [1.54, 1.807) is 16.2 Å². The van der Waals surface area contributed by atoms with Crippen molar-refractivity contribution in [2.24, 2.45) is 5.92 Å². The summed E-state index contributed by atoms with van der Waals surface area (Å²) in [5, 5.41) is 24.1. The second kappa shape index (κ2) is 9.50. The highest BCUT2D eigenvalue weighted by Gasteiger charge is 2.28. The average molecular weight is 518 g/mol. The van der Waals surface area contributed by atoms with Crippen LogP contribution >= 0.6 is 11.3 Å². The number of nitrogens with one attached hydrogen (secondary N) is 1. The number of rotatable bonds is 6. The minimum atomic E-state index is -1.07. The molecule has 1 saturated carbocycles. The molecule has 0 bridgehead atoms. The van der Waals surface area contributed by atoms with Crippen molar-refractivity contribution in [3.05, 3.63) is 59.2 Å². The van der Waals surface area contributed by atoms with Gasteiger partial charge in [-0.2, -0.15) is 0 Å². The van der Waals surface area contributed by atoms with E-state index in [1.165, 1.54) is 34.3 Å². The molecule has 2 fully saturated rings. The number of carboxylic acid groups (broad SMARTS) is 1. The fraction of sp³-hybridized carbons (Fsp3) is 0.379. The zero-order chi connectivity index (χ0) is 25.7. The Labute approximate surface area is 219 Å². The van der Waals surface area contributed by atoms with Crippen molar-refractivity contribution in [2.75, 3.05) is 13.1 Å². The van der Waals surface area contributed by atoms with Gasteiger partial charge < -0.3 is 25.0 Å². The van der Waals surface area contributed by atoms with E-state index in [0.717, 1.165) is 46.5 Å². The maximum atomic E-state index is 13.5. The van der Waals surface area contributed by atoms with Crippen LogP contribution < -0.4 is 5.32 Å². The number of fused-ring (bicyclic) bond motifs is 2. The Bertz CT molecular complexity index is 1520. The number of benzene rings is 2. The summed E-state index contributed by atoms with van der Waals surface area (Å²) in [6.07, 6.45) is 2.95. The highest BCUT2D eigenvalue weighted by Crippen LogP contribution is 2.43. The van der Waals surface area contributed by atoms with Crippen LogP contribution in [0.4, 0.5) is 4.79 Å². The molecule has 6 rings (SSSR count). The van der Waals surface area contributed by atoms with E-state index >= 15 is 0 Å². The molecule has 4 aromatic rings. The molecule has 0 radical (unpaired) electrons. The third-order valence-corrected chi connectivity index (χ3v) is 9.01. The molecule has 3 N–H and O–H groups in total. The number of thiophene rings is 1. The van der Waals surface area contributed by atoms with E-state index in [0.29, 0.717) is 18.7 Å². The van der Waals surface area contributed by atoms with Gasteiger partial charge in [0.25, 0.3) is 5.91 Å². The zero-order valence-corrected chi connectivity index (χ0v) is 21.7. The molecule has 1 atom stereocenters. The molecule has 1 aliphatic carbocycles. The summed E-state index contributed by atoms with van der Waals surface area (Å²) < 4.78 is 3.43. The van der Waals surface area contributed by atoms with Crippen LogP contribution in [-0.2, 0) is 13.2 Å². The number of aliphatic hydroxyl groups excluding tert-OH is 1.